The minimum Gasteiger partial charge on any atom is -0.472 e. The molecule has 0 bridgehead atoms. The van der Waals surface area contributed by atoms with Gasteiger partial charge in [-0.25, -0.2) is 4.98 Å². The third-order valence-corrected chi connectivity index (χ3v) is 4.55. The van der Waals surface area contributed by atoms with Crippen molar-refractivity contribution in [2.45, 2.75) is 0 Å². The number of anilines is 1. The average molecular weight is 348 g/mol. The summed E-state index contributed by atoms with van der Waals surface area (Å²) in [6, 6.07) is 8.97. The molecule has 0 aliphatic rings. The number of rotatable bonds is 4. The van der Waals surface area contributed by atoms with E-state index in [1.54, 1.807) is 49.4 Å². The molecule has 4 aromatic heterocycles. The third kappa shape index (κ3) is 3.17. The number of nitrogens with zero attached hydrogens (tertiary/aromatic N) is 3. The van der Waals surface area contributed by atoms with Crippen LogP contribution in [-0.2, 0) is 0 Å². The lowest BCUT2D eigenvalue weighted by molar-refractivity contribution is 0.102. The van der Waals surface area contributed by atoms with Gasteiger partial charge in [-0.15, -0.1) is 0 Å². The van der Waals surface area contributed by atoms with Crippen LogP contribution in [0.25, 0.3) is 21.7 Å². The van der Waals surface area contributed by atoms with Crippen LogP contribution in [0.1, 0.15) is 10.4 Å². The molecule has 4 aromatic rings. The topological polar surface area (TPSA) is 80.9 Å². The molecular formula is C18H12N4O2S. The van der Waals surface area contributed by atoms with Crippen molar-refractivity contribution in [3.8, 4) is 21.7 Å². The predicted molar refractivity (Wildman–Crippen MR) is 95.2 cm³/mol. The highest BCUT2D eigenvalue weighted by Crippen LogP contribution is 2.39. The highest BCUT2D eigenvalue weighted by atomic mass is 32.1. The number of hydrogen-bond donors (Lipinski definition) is 1. The van der Waals surface area contributed by atoms with Gasteiger partial charge in [0.25, 0.3) is 5.91 Å². The molecule has 7 heteroatoms. The zero-order valence-electron chi connectivity index (χ0n) is 12.9. The number of carbonyl (C=O) groups is 1. The lowest BCUT2D eigenvalue weighted by Gasteiger charge is -2.00. The van der Waals surface area contributed by atoms with E-state index in [1.807, 2.05) is 18.2 Å². The van der Waals surface area contributed by atoms with Crippen LogP contribution in [0.3, 0.4) is 0 Å². The molecule has 6 nitrogen and oxygen atoms in total. The molecule has 0 fully saturated rings. The summed E-state index contributed by atoms with van der Waals surface area (Å²) in [5, 5.41) is 3.36. The molecule has 0 atom stereocenters. The van der Waals surface area contributed by atoms with Crippen LogP contribution in [0.2, 0.25) is 0 Å². The van der Waals surface area contributed by atoms with Crippen molar-refractivity contribution in [3.05, 3.63) is 73.2 Å². The van der Waals surface area contributed by atoms with Gasteiger partial charge in [-0.05, 0) is 35.9 Å². The summed E-state index contributed by atoms with van der Waals surface area (Å²) in [6.45, 7) is 0. The number of pyridine rings is 2. The second-order valence-electron chi connectivity index (χ2n) is 5.13. The molecule has 0 spiro atoms. The summed E-state index contributed by atoms with van der Waals surface area (Å²) in [6.07, 6.45) is 9.84. The van der Waals surface area contributed by atoms with E-state index in [2.05, 4.69) is 20.3 Å². The predicted octanol–water partition coefficient (Wildman–Crippen LogP) is 4.11. The quantitative estimate of drug-likeness (QED) is 0.600. The van der Waals surface area contributed by atoms with Gasteiger partial charge in [-0.3, -0.25) is 20.1 Å². The Morgan fingerprint density at radius 1 is 0.960 bits per heavy atom. The molecule has 1 amide bonds. The average Bonchev–Trinajstić information content (AvgIpc) is 3.33. The van der Waals surface area contributed by atoms with Crippen molar-refractivity contribution < 1.29 is 9.21 Å². The van der Waals surface area contributed by atoms with E-state index in [0.29, 0.717) is 10.7 Å². The van der Waals surface area contributed by atoms with Crippen molar-refractivity contribution in [2.75, 3.05) is 5.32 Å². The molecule has 0 aliphatic heterocycles. The Balaban J connectivity index is 1.71. The first-order chi connectivity index (χ1) is 12.3. The number of amides is 1. The van der Waals surface area contributed by atoms with E-state index in [4.69, 9.17) is 4.42 Å². The van der Waals surface area contributed by atoms with E-state index >= 15 is 0 Å². The molecule has 0 saturated carbocycles. The van der Waals surface area contributed by atoms with Crippen LogP contribution in [0, 0.1) is 0 Å². The Hall–Kier alpha value is -3.32. The Labute approximate surface area is 147 Å². The van der Waals surface area contributed by atoms with E-state index in [0.717, 1.165) is 21.7 Å². The molecule has 0 unspecified atom stereocenters. The maximum absolute atomic E-state index is 12.4. The van der Waals surface area contributed by atoms with Crippen LogP contribution in [0.15, 0.2) is 72.1 Å². The smallest absolute Gasteiger partial charge is 0.257 e. The summed E-state index contributed by atoms with van der Waals surface area (Å²) >= 11 is 1.41. The molecular weight excluding hydrogens is 336 g/mol. The van der Waals surface area contributed by atoms with Crippen molar-refractivity contribution in [3.63, 3.8) is 0 Å². The third-order valence-electron chi connectivity index (χ3n) is 3.53. The SMILES string of the molecule is O=C(Nc1nc(-c2ccoc2)c(-c2ccncc2)s1)c1ccncc1. The van der Waals surface area contributed by atoms with Gasteiger partial charge >= 0.3 is 0 Å². The zero-order valence-corrected chi connectivity index (χ0v) is 13.7. The minimum atomic E-state index is -0.226. The van der Waals surface area contributed by atoms with Gasteiger partial charge in [-0.1, -0.05) is 11.3 Å². The van der Waals surface area contributed by atoms with E-state index in [-0.39, 0.29) is 5.91 Å². The lowest BCUT2D eigenvalue weighted by Crippen LogP contribution is -2.11. The van der Waals surface area contributed by atoms with Gasteiger partial charge in [0.1, 0.15) is 0 Å². The fourth-order valence-electron chi connectivity index (χ4n) is 2.34. The molecule has 122 valence electrons. The van der Waals surface area contributed by atoms with E-state index in [9.17, 15) is 4.79 Å². The van der Waals surface area contributed by atoms with Gasteiger partial charge in [0, 0.05) is 35.9 Å². The Morgan fingerprint density at radius 2 is 1.68 bits per heavy atom. The molecule has 0 aliphatic carbocycles. The zero-order chi connectivity index (χ0) is 17.1. The molecule has 4 heterocycles. The normalized spacial score (nSPS) is 10.6. The number of carbonyl (C=O) groups excluding carboxylic acids is 1. The van der Waals surface area contributed by atoms with Gasteiger partial charge in [0.05, 0.1) is 23.1 Å². The molecule has 25 heavy (non-hydrogen) atoms. The molecule has 0 aromatic carbocycles. The van der Waals surface area contributed by atoms with Crippen molar-refractivity contribution >= 4 is 22.4 Å². The van der Waals surface area contributed by atoms with Gasteiger partial charge < -0.3 is 4.42 Å². The summed E-state index contributed by atoms with van der Waals surface area (Å²) < 4.78 is 5.18. The van der Waals surface area contributed by atoms with Gasteiger partial charge in [-0.2, -0.15) is 0 Å². The molecule has 0 saturated heterocycles. The first-order valence-electron chi connectivity index (χ1n) is 7.46. The highest BCUT2D eigenvalue weighted by molar-refractivity contribution is 7.19. The summed E-state index contributed by atoms with van der Waals surface area (Å²) in [5.41, 5.74) is 3.12. The van der Waals surface area contributed by atoms with Crippen LogP contribution in [0.5, 0.6) is 0 Å². The fourth-order valence-corrected chi connectivity index (χ4v) is 3.33. The van der Waals surface area contributed by atoms with Crippen LogP contribution >= 0.6 is 11.3 Å². The number of aromatic nitrogens is 3. The number of thiazole rings is 1. The largest absolute Gasteiger partial charge is 0.472 e. The van der Waals surface area contributed by atoms with Crippen LogP contribution < -0.4 is 5.32 Å². The highest BCUT2D eigenvalue weighted by Gasteiger charge is 2.17. The second-order valence-corrected chi connectivity index (χ2v) is 6.13. The summed E-state index contributed by atoms with van der Waals surface area (Å²) in [5.74, 6) is -0.226. The molecule has 1 N–H and O–H groups in total. The van der Waals surface area contributed by atoms with Crippen molar-refractivity contribution in [1.82, 2.24) is 15.0 Å². The van der Waals surface area contributed by atoms with Crippen molar-refractivity contribution in [1.29, 1.82) is 0 Å². The summed E-state index contributed by atoms with van der Waals surface area (Å²) in [7, 11) is 0. The van der Waals surface area contributed by atoms with E-state index < -0.39 is 0 Å². The summed E-state index contributed by atoms with van der Waals surface area (Å²) in [4.78, 5) is 25.8. The Morgan fingerprint density at radius 3 is 2.36 bits per heavy atom. The maximum atomic E-state index is 12.4. The first-order valence-corrected chi connectivity index (χ1v) is 8.28. The number of hydrogen-bond acceptors (Lipinski definition) is 6. The van der Waals surface area contributed by atoms with Gasteiger partial charge in [0.15, 0.2) is 5.13 Å². The number of nitrogens with one attached hydrogen (secondary N) is 1. The van der Waals surface area contributed by atoms with E-state index in [1.165, 1.54) is 11.3 Å². The Bertz CT molecular complexity index is 983. The van der Waals surface area contributed by atoms with Gasteiger partial charge in [0.2, 0.25) is 0 Å². The lowest BCUT2D eigenvalue weighted by atomic mass is 10.1. The van der Waals surface area contributed by atoms with Crippen LogP contribution in [0.4, 0.5) is 5.13 Å². The first kappa shape index (κ1) is 15.2. The minimum absolute atomic E-state index is 0.226. The molecule has 4 rings (SSSR count). The fraction of sp³-hybridized carbons (Fsp3) is 0. The Kier molecular flexibility index (Phi) is 4.05. The standard InChI is InChI=1S/C18H12N4O2S/c23-17(13-3-8-20-9-4-13)22-18-21-15(14-5-10-24-11-14)16(25-18)12-1-6-19-7-2-12/h1-11H,(H,21,22,23). The molecule has 0 radical (unpaired) electrons. The maximum Gasteiger partial charge on any atom is 0.257 e. The monoisotopic (exact) mass is 348 g/mol. The van der Waals surface area contributed by atoms with Crippen molar-refractivity contribution in [2.24, 2.45) is 0 Å². The van der Waals surface area contributed by atoms with Crippen LogP contribution in [-0.4, -0.2) is 20.9 Å². The second kappa shape index (κ2) is 6.66. The number of furan rings is 1.